The van der Waals surface area contributed by atoms with E-state index >= 15 is 0 Å². The molecule has 1 heterocycles. The highest BCUT2D eigenvalue weighted by Crippen LogP contribution is 2.30. The molecule has 4 rings (SSSR count). The number of hydrogen-bond donors (Lipinski definition) is 1. The van der Waals surface area contributed by atoms with Gasteiger partial charge in [0.25, 0.3) is 15.9 Å². The fourth-order valence-electron chi connectivity index (χ4n) is 4.56. The van der Waals surface area contributed by atoms with E-state index in [-0.39, 0.29) is 48.2 Å². The van der Waals surface area contributed by atoms with Crippen molar-refractivity contribution in [1.29, 1.82) is 0 Å². The van der Waals surface area contributed by atoms with Crippen molar-refractivity contribution in [2.75, 3.05) is 13.1 Å². The number of carbonyl (C=O) groups excluding carboxylic acids is 3. The quantitative estimate of drug-likeness (QED) is 0.340. The molecule has 0 aromatic heterocycles. The number of halogens is 1. The first-order valence-electron chi connectivity index (χ1n) is 13.1. The molecule has 0 bridgehead atoms. The van der Waals surface area contributed by atoms with E-state index in [9.17, 15) is 22.8 Å². The van der Waals surface area contributed by atoms with Crippen LogP contribution in [0.25, 0.3) is 0 Å². The SMILES string of the molecule is CC(C)CNC(=O)C(Cc1ccccc1)N(Cc1ccc(Br)cc1)C(=O)CCN1C(=O)c2ccccc2S1(=O)=O. The Bertz CT molecular complexity index is 1480. The fourth-order valence-corrected chi connectivity index (χ4v) is 6.39. The van der Waals surface area contributed by atoms with E-state index < -0.39 is 27.9 Å². The summed E-state index contributed by atoms with van der Waals surface area (Å²) in [5.41, 5.74) is 1.79. The van der Waals surface area contributed by atoms with Crippen LogP contribution in [0, 0.1) is 5.92 Å². The maximum absolute atomic E-state index is 13.8. The summed E-state index contributed by atoms with van der Waals surface area (Å²) in [4.78, 5) is 41.7. The van der Waals surface area contributed by atoms with E-state index in [0.29, 0.717) is 6.54 Å². The van der Waals surface area contributed by atoms with Crippen LogP contribution in [-0.4, -0.2) is 54.5 Å². The molecule has 3 aromatic carbocycles. The summed E-state index contributed by atoms with van der Waals surface area (Å²) in [7, 11) is -4.06. The van der Waals surface area contributed by atoms with Gasteiger partial charge in [-0.1, -0.05) is 84.4 Å². The molecule has 8 nitrogen and oxygen atoms in total. The van der Waals surface area contributed by atoms with Crippen molar-refractivity contribution < 1.29 is 22.8 Å². The van der Waals surface area contributed by atoms with Gasteiger partial charge >= 0.3 is 0 Å². The molecule has 210 valence electrons. The van der Waals surface area contributed by atoms with Crippen LogP contribution >= 0.6 is 15.9 Å². The van der Waals surface area contributed by atoms with Crippen LogP contribution in [0.15, 0.2) is 88.2 Å². The number of fused-ring (bicyclic) bond motifs is 1. The number of hydrogen-bond acceptors (Lipinski definition) is 5. The molecule has 40 heavy (non-hydrogen) atoms. The Morgan fingerprint density at radius 3 is 2.23 bits per heavy atom. The molecule has 0 saturated heterocycles. The minimum Gasteiger partial charge on any atom is -0.354 e. The summed E-state index contributed by atoms with van der Waals surface area (Å²) in [6.45, 7) is 4.24. The number of benzene rings is 3. The van der Waals surface area contributed by atoms with Crippen LogP contribution < -0.4 is 5.32 Å². The van der Waals surface area contributed by atoms with Gasteiger partial charge in [0.1, 0.15) is 10.9 Å². The fraction of sp³-hybridized carbons (Fsp3) is 0.300. The Morgan fingerprint density at radius 2 is 1.57 bits per heavy atom. The first kappa shape index (κ1) is 29.5. The van der Waals surface area contributed by atoms with E-state index in [1.807, 2.05) is 68.4 Å². The van der Waals surface area contributed by atoms with Crippen LogP contribution in [-0.2, 0) is 32.6 Å². The number of nitrogens with zero attached hydrogens (tertiary/aromatic N) is 2. The first-order chi connectivity index (χ1) is 19.1. The molecule has 0 spiro atoms. The normalized spacial score (nSPS) is 14.6. The van der Waals surface area contributed by atoms with Crippen LogP contribution in [0.4, 0.5) is 0 Å². The number of carbonyl (C=O) groups is 3. The van der Waals surface area contributed by atoms with E-state index in [4.69, 9.17) is 0 Å². The minimum atomic E-state index is -4.06. The predicted octanol–water partition coefficient (Wildman–Crippen LogP) is 4.40. The van der Waals surface area contributed by atoms with Crippen molar-refractivity contribution in [3.8, 4) is 0 Å². The molecule has 1 aliphatic rings. The lowest BCUT2D eigenvalue weighted by atomic mass is 10.0. The van der Waals surface area contributed by atoms with Gasteiger partial charge < -0.3 is 10.2 Å². The number of nitrogens with one attached hydrogen (secondary N) is 1. The molecule has 0 fully saturated rings. The van der Waals surface area contributed by atoms with Crippen molar-refractivity contribution in [3.63, 3.8) is 0 Å². The zero-order valence-corrected chi connectivity index (χ0v) is 24.8. The summed E-state index contributed by atoms with van der Waals surface area (Å²) in [6, 6.07) is 22.0. The van der Waals surface area contributed by atoms with Gasteiger partial charge in [0.05, 0.1) is 5.56 Å². The summed E-state index contributed by atoms with van der Waals surface area (Å²) in [6.07, 6.45) is 0.0116. The topological polar surface area (TPSA) is 104 Å². The number of sulfonamides is 1. The molecule has 0 aliphatic carbocycles. The Balaban J connectivity index is 1.63. The van der Waals surface area contributed by atoms with Gasteiger partial charge in [0.15, 0.2) is 0 Å². The van der Waals surface area contributed by atoms with E-state index in [0.717, 1.165) is 19.9 Å². The third-order valence-corrected chi connectivity index (χ3v) is 9.03. The van der Waals surface area contributed by atoms with Crippen molar-refractivity contribution >= 4 is 43.7 Å². The third-order valence-electron chi connectivity index (χ3n) is 6.66. The molecule has 0 radical (unpaired) electrons. The number of rotatable bonds is 11. The molecule has 10 heteroatoms. The maximum atomic E-state index is 13.8. The van der Waals surface area contributed by atoms with Crippen molar-refractivity contribution in [3.05, 3.63) is 100 Å². The Labute approximate surface area is 243 Å². The van der Waals surface area contributed by atoms with Gasteiger partial charge in [-0.3, -0.25) is 14.4 Å². The molecule has 1 aliphatic heterocycles. The second-order valence-electron chi connectivity index (χ2n) is 10.1. The largest absolute Gasteiger partial charge is 0.354 e. The summed E-state index contributed by atoms with van der Waals surface area (Å²) < 4.78 is 27.7. The van der Waals surface area contributed by atoms with Crippen LogP contribution in [0.5, 0.6) is 0 Å². The highest BCUT2D eigenvalue weighted by Gasteiger charge is 2.41. The average molecular weight is 627 g/mol. The van der Waals surface area contributed by atoms with E-state index in [2.05, 4.69) is 21.2 Å². The zero-order valence-electron chi connectivity index (χ0n) is 22.4. The monoisotopic (exact) mass is 625 g/mol. The standard InChI is InChI=1S/C30H32BrN3O5S/c1-21(2)19-32-29(36)26(18-22-8-4-3-5-9-22)33(20-23-12-14-24(31)15-13-23)28(35)16-17-34-30(37)25-10-6-7-11-27(25)40(34,38)39/h3-15,21,26H,16-20H2,1-2H3,(H,32,36). The summed E-state index contributed by atoms with van der Waals surface area (Å²) >= 11 is 3.42. The third kappa shape index (κ3) is 6.79. The van der Waals surface area contributed by atoms with Gasteiger partial charge in [-0.2, -0.15) is 0 Å². The molecule has 3 amide bonds. The minimum absolute atomic E-state index is 0.0609. The van der Waals surface area contributed by atoms with Crippen LogP contribution in [0.3, 0.4) is 0 Å². The lowest BCUT2D eigenvalue weighted by Gasteiger charge is -2.32. The molecule has 1 N–H and O–H groups in total. The average Bonchev–Trinajstić information content (AvgIpc) is 3.14. The lowest BCUT2D eigenvalue weighted by molar-refractivity contribution is -0.141. The molecule has 3 aromatic rings. The van der Waals surface area contributed by atoms with Crippen molar-refractivity contribution in [1.82, 2.24) is 14.5 Å². The van der Waals surface area contributed by atoms with Gasteiger partial charge in [0, 0.05) is 36.9 Å². The van der Waals surface area contributed by atoms with Gasteiger partial charge in [-0.25, -0.2) is 12.7 Å². The van der Waals surface area contributed by atoms with Crippen molar-refractivity contribution in [2.45, 2.75) is 44.2 Å². The second kappa shape index (κ2) is 12.8. The Hall–Kier alpha value is -3.50. The summed E-state index contributed by atoms with van der Waals surface area (Å²) in [5, 5.41) is 2.96. The molecular formula is C30H32BrN3O5S. The molecular weight excluding hydrogens is 594 g/mol. The smallest absolute Gasteiger partial charge is 0.269 e. The number of amides is 3. The molecule has 1 atom stereocenters. The predicted molar refractivity (Wildman–Crippen MR) is 156 cm³/mol. The van der Waals surface area contributed by atoms with Crippen molar-refractivity contribution in [2.24, 2.45) is 5.92 Å². The lowest BCUT2D eigenvalue weighted by Crippen LogP contribution is -2.51. The second-order valence-corrected chi connectivity index (χ2v) is 12.9. The van der Waals surface area contributed by atoms with E-state index in [1.54, 1.807) is 12.1 Å². The van der Waals surface area contributed by atoms with Crippen LogP contribution in [0.1, 0.15) is 41.8 Å². The van der Waals surface area contributed by atoms with E-state index in [1.165, 1.54) is 17.0 Å². The van der Waals surface area contributed by atoms with Gasteiger partial charge in [0.2, 0.25) is 11.8 Å². The molecule has 1 unspecified atom stereocenters. The highest BCUT2D eigenvalue weighted by molar-refractivity contribution is 9.10. The Kier molecular flexibility index (Phi) is 9.42. The van der Waals surface area contributed by atoms with Crippen LogP contribution in [0.2, 0.25) is 0 Å². The highest BCUT2D eigenvalue weighted by atomic mass is 79.9. The Morgan fingerprint density at radius 1 is 0.925 bits per heavy atom. The first-order valence-corrected chi connectivity index (χ1v) is 15.3. The molecule has 0 saturated carbocycles. The van der Waals surface area contributed by atoms with Gasteiger partial charge in [-0.05, 0) is 41.3 Å². The maximum Gasteiger partial charge on any atom is 0.269 e. The summed E-state index contributed by atoms with van der Waals surface area (Å²) in [5.74, 6) is -1.16. The zero-order chi connectivity index (χ0) is 28.9. The van der Waals surface area contributed by atoms with Gasteiger partial charge in [-0.15, -0.1) is 0 Å².